The van der Waals surface area contributed by atoms with Crippen LogP contribution >= 0.6 is 23.2 Å². The minimum Gasteiger partial charge on any atom is -0.490 e. The lowest BCUT2D eigenvalue weighted by Crippen LogP contribution is -2.12. The summed E-state index contributed by atoms with van der Waals surface area (Å²) in [7, 11) is 0. The van der Waals surface area contributed by atoms with Crippen molar-refractivity contribution in [1.82, 2.24) is 0 Å². The first kappa shape index (κ1) is 19.2. The van der Waals surface area contributed by atoms with Gasteiger partial charge in [0.25, 0.3) is 5.91 Å². The molecule has 0 saturated carbocycles. The van der Waals surface area contributed by atoms with E-state index in [1.165, 1.54) is 0 Å². The van der Waals surface area contributed by atoms with Crippen molar-refractivity contribution in [2.24, 2.45) is 0 Å². The van der Waals surface area contributed by atoms with E-state index in [0.29, 0.717) is 36.0 Å². The second-order valence-electron chi connectivity index (χ2n) is 5.25. The van der Waals surface area contributed by atoms with Crippen molar-refractivity contribution in [1.29, 1.82) is 0 Å². The maximum absolute atomic E-state index is 12.5. The van der Waals surface area contributed by atoms with E-state index in [2.05, 4.69) is 5.32 Å². The average Bonchev–Trinajstić information content (AvgIpc) is 2.58. The first-order valence-electron chi connectivity index (χ1n) is 7.91. The minimum atomic E-state index is -0.320. The molecule has 2 aromatic carbocycles. The van der Waals surface area contributed by atoms with E-state index in [9.17, 15) is 4.79 Å². The van der Waals surface area contributed by atoms with E-state index in [1.54, 1.807) is 30.3 Å². The van der Waals surface area contributed by atoms with Gasteiger partial charge in [-0.25, -0.2) is 0 Å². The zero-order chi connectivity index (χ0) is 18.4. The normalized spacial score (nSPS) is 10.4. The molecule has 5 nitrogen and oxygen atoms in total. The smallest absolute Gasteiger partial charge is 0.255 e. The van der Waals surface area contributed by atoms with Crippen LogP contribution in [0.4, 0.5) is 11.4 Å². The van der Waals surface area contributed by atoms with Crippen molar-refractivity contribution in [3.63, 3.8) is 0 Å². The number of hydrogen-bond acceptors (Lipinski definition) is 4. The van der Waals surface area contributed by atoms with Crippen molar-refractivity contribution in [2.75, 3.05) is 24.3 Å². The second-order valence-corrected chi connectivity index (χ2v) is 6.07. The summed E-state index contributed by atoms with van der Waals surface area (Å²) in [6, 6.07) is 8.12. The van der Waals surface area contributed by atoms with Crippen LogP contribution < -0.4 is 20.5 Å². The lowest BCUT2D eigenvalue weighted by atomic mass is 10.1. The molecule has 1 amide bonds. The van der Waals surface area contributed by atoms with Crippen LogP contribution in [0.25, 0.3) is 0 Å². The lowest BCUT2D eigenvalue weighted by molar-refractivity contribution is 0.102. The highest BCUT2D eigenvalue weighted by Gasteiger charge is 2.13. The molecule has 0 aliphatic rings. The van der Waals surface area contributed by atoms with Gasteiger partial charge in [-0.1, -0.05) is 30.1 Å². The predicted octanol–water partition coefficient (Wildman–Crippen LogP) is 5.02. The fourth-order valence-corrected chi connectivity index (χ4v) is 2.60. The van der Waals surface area contributed by atoms with Crippen LogP contribution in [0.1, 0.15) is 30.6 Å². The van der Waals surface area contributed by atoms with E-state index in [1.807, 2.05) is 13.8 Å². The summed E-state index contributed by atoms with van der Waals surface area (Å²) in [5.74, 6) is 0.815. The van der Waals surface area contributed by atoms with Gasteiger partial charge < -0.3 is 20.5 Å². The maximum Gasteiger partial charge on any atom is 0.255 e. The molecule has 0 atom stereocenters. The van der Waals surface area contributed by atoms with E-state index < -0.39 is 0 Å². The highest BCUT2D eigenvalue weighted by atomic mass is 35.5. The number of nitrogen functional groups attached to an aromatic ring is 1. The molecule has 0 spiro atoms. The molecule has 0 bridgehead atoms. The van der Waals surface area contributed by atoms with Gasteiger partial charge in [-0.15, -0.1) is 0 Å². The quantitative estimate of drug-likeness (QED) is 0.659. The molecule has 25 heavy (non-hydrogen) atoms. The van der Waals surface area contributed by atoms with Crippen molar-refractivity contribution >= 4 is 40.5 Å². The summed E-state index contributed by atoms with van der Waals surface area (Å²) in [4.78, 5) is 12.5. The Labute approximate surface area is 157 Å². The van der Waals surface area contributed by atoms with Gasteiger partial charge in [0.15, 0.2) is 11.5 Å². The monoisotopic (exact) mass is 382 g/mol. The number of anilines is 2. The molecule has 7 heteroatoms. The molecule has 0 radical (unpaired) electrons. The Balaban J connectivity index is 2.22. The molecule has 0 unspecified atom stereocenters. The zero-order valence-corrected chi connectivity index (χ0v) is 15.6. The topological polar surface area (TPSA) is 73.6 Å². The van der Waals surface area contributed by atoms with Gasteiger partial charge >= 0.3 is 0 Å². The average molecular weight is 383 g/mol. The first-order valence-corrected chi connectivity index (χ1v) is 8.67. The maximum atomic E-state index is 12.5. The van der Waals surface area contributed by atoms with Crippen molar-refractivity contribution < 1.29 is 14.3 Å². The first-order chi connectivity index (χ1) is 12.0. The Morgan fingerprint density at radius 3 is 2.36 bits per heavy atom. The largest absolute Gasteiger partial charge is 0.490 e. The van der Waals surface area contributed by atoms with Crippen molar-refractivity contribution in [3.05, 3.63) is 45.9 Å². The lowest BCUT2D eigenvalue weighted by Gasteiger charge is -2.13. The third kappa shape index (κ3) is 4.94. The van der Waals surface area contributed by atoms with Crippen molar-refractivity contribution in [3.8, 4) is 11.5 Å². The van der Waals surface area contributed by atoms with E-state index in [-0.39, 0.29) is 21.6 Å². The molecule has 0 heterocycles. The summed E-state index contributed by atoms with van der Waals surface area (Å²) in [5.41, 5.74) is 6.85. The predicted molar refractivity (Wildman–Crippen MR) is 102 cm³/mol. The minimum absolute atomic E-state index is 0.275. The van der Waals surface area contributed by atoms with Gasteiger partial charge in [-0.2, -0.15) is 0 Å². The number of nitrogens with one attached hydrogen (secondary N) is 1. The molecule has 134 valence electrons. The fraction of sp³-hybridized carbons (Fsp3) is 0.278. The summed E-state index contributed by atoms with van der Waals surface area (Å²) in [5, 5.41) is 3.30. The number of carbonyl (C=O) groups excluding carboxylic acids is 1. The van der Waals surface area contributed by atoms with Crippen LogP contribution in [0, 0.1) is 0 Å². The molecule has 2 aromatic rings. The summed E-state index contributed by atoms with van der Waals surface area (Å²) >= 11 is 12.0. The van der Waals surface area contributed by atoms with E-state index >= 15 is 0 Å². The Morgan fingerprint density at radius 1 is 1.08 bits per heavy atom. The number of carbonyl (C=O) groups is 1. The van der Waals surface area contributed by atoms with Crippen LogP contribution in [0.5, 0.6) is 11.5 Å². The van der Waals surface area contributed by atoms with Gasteiger partial charge in [0.1, 0.15) is 0 Å². The highest BCUT2D eigenvalue weighted by molar-refractivity contribution is 6.39. The zero-order valence-electron chi connectivity index (χ0n) is 14.1. The van der Waals surface area contributed by atoms with Gasteiger partial charge in [-0.05, 0) is 43.7 Å². The number of rotatable bonds is 7. The Hall–Kier alpha value is -2.11. The number of amides is 1. The molecule has 0 aliphatic heterocycles. The number of halogens is 2. The van der Waals surface area contributed by atoms with Crippen LogP contribution in [-0.2, 0) is 0 Å². The second kappa shape index (κ2) is 8.83. The summed E-state index contributed by atoms with van der Waals surface area (Å²) < 4.78 is 11.2. The van der Waals surface area contributed by atoms with Crippen LogP contribution in [0.15, 0.2) is 30.3 Å². The molecular formula is C18H20Cl2N2O3. The Morgan fingerprint density at radius 2 is 1.76 bits per heavy atom. The molecule has 0 saturated heterocycles. The van der Waals surface area contributed by atoms with Crippen molar-refractivity contribution in [2.45, 2.75) is 20.3 Å². The molecule has 3 N–H and O–H groups in total. The van der Waals surface area contributed by atoms with Gasteiger partial charge in [0, 0.05) is 11.3 Å². The van der Waals surface area contributed by atoms with Gasteiger partial charge in [0.2, 0.25) is 0 Å². The Bertz CT molecular complexity index is 743. The summed E-state index contributed by atoms with van der Waals surface area (Å²) in [6.07, 6.45) is 0.881. The molecular weight excluding hydrogens is 363 g/mol. The number of ether oxygens (including phenoxy) is 2. The fourth-order valence-electron chi connectivity index (χ4n) is 2.11. The van der Waals surface area contributed by atoms with Gasteiger partial charge in [-0.3, -0.25) is 4.79 Å². The van der Waals surface area contributed by atoms with Crippen LogP contribution in [0.2, 0.25) is 10.0 Å². The van der Waals surface area contributed by atoms with E-state index in [0.717, 1.165) is 6.42 Å². The summed E-state index contributed by atoms with van der Waals surface area (Å²) in [6.45, 7) is 4.94. The van der Waals surface area contributed by atoms with Crippen LogP contribution in [-0.4, -0.2) is 19.1 Å². The van der Waals surface area contributed by atoms with Gasteiger partial charge in [0.05, 0.1) is 28.9 Å². The molecule has 2 rings (SSSR count). The number of hydrogen-bond donors (Lipinski definition) is 2. The Kier molecular flexibility index (Phi) is 6.79. The molecule has 0 fully saturated rings. The third-order valence-corrected chi connectivity index (χ3v) is 3.93. The molecule has 0 aromatic heterocycles. The van der Waals surface area contributed by atoms with Crippen LogP contribution in [0.3, 0.4) is 0 Å². The molecule has 0 aliphatic carbocycles. The van der Waals surface area contributed by atoms with E-state index in [4.69, 9.17) is 38.4 Å². The number of nitrogens with two attached hydrogens (primary N) is 1. The third-order valence-electron chi connectivity index (χ3n) is 3.30. The highest BCUT2D eigenvalue weighted by Crippen LogP contribution is 2.32. The standard InChI is InChI=1S/C18H20Cl2N2O3/c1-3-7-25-15-6-5-11(8-16(15)24-4-2)18(23)22-12-9-13(19)17(21)14(20)10-12/h5-6,8-10H,3-4,7,21H2,1-2H3,(H,22,23). The number of benzene rings is 2. The SMILES string of the molecule is CCCOc1ccc(C(=O)Nc2cc(Cl)c(N)c(Cl)c2)cc1OCC.